The number of piperidine rings is 1. The number of methoxy groups -OCH3 is 1. The number of nitrogens with zero attached hydrogens (tertiary/aromatic N) is 2. The van der Waals surface area contributed by atoms with Crippen molar-refractivity contribution in [2.75, 3.05) is 24.3 Å². The molecule has 1 unspecified atom stereocenters. The smallest absolute Gasteiger partial charge is 0.387 e. The molecule has 8 nitrogen and oxygen atoms in total. The number of hydrazone groups is 1. The Morgan fingerprint density at radius 2 is 1.79 bits per heavy atom. The third kappa shape index (κ3) is 6.90. The van der Waals surface area contributed by atoms with Crippen molar-refractivity contribution >= 4 is 29.4 Å². The second kappa shape index (κ2) is 11.3. The quantitative estimate of drug-likeness (QED) is 0.579. The van der Waals surface area contributed by atoms with Crippen molar-refractivity contribution in [1.82, 2.24) is 5.01 Å². The zero-order valence-corrected chi connectivity index (χ0v) is 18.4. The molecule has 2 N–H and O–H groups in total. The zero-order chi connectivity index (χ0) is 23.8. The second-order valence-electron chi connectivity index (χ2n) is 7.46. The number of nitrogens with one attached hydrogen (secondary N) is 2. The van der Waals surface area contributed by atoms with E-state index in [-0.39, 0.29) is 23.3 Å². The summed E-state index contributed by atoms with van der Waals surface area (Å²) in [6.07, 6.45) is 3.91. The Balaban J connectivity index is 1.69. The number of hydrogen-bond acceptors (Lipinski definition) is 6. The summed E-state index contributed by atoms with van der Waals surface area (Å²) < 4.78 is 34.9. The number of alkyl halides is 2. The van der Waals surface area contributed by atoms with Crippen molar-refractivity contribution in [1.29, 1.82) is 0 Å². The van der Waals surface area contributed by atoms with E-state index in [1.54, 1.807) is 35.3 Å². The number of anilines is 2. The molecule has 1 fully saturated rings. The maximum Gasteiger partial charge on any atom is 0.387 e. The average molecular weight is 460 g/mol. The number of halogens is 2. The van der Waals surface area contributed by atoms with Crippen LogP contribution in [-0.4, -0.2) is 49.3 Å². The Kier molecular flexibility index (Phi) is 8.17. The van der Waals surface area contributed by atoms with Gasteiger partial charge in [-0.3, -0.25) is 14.6 Å². The van der Waals surface area contributed by atoms with Gasteiger partial charge in [0.25, 0.3) is 0 Å². The minimum atomic E-state index is -2.98. The molecule has 0 saturated carbocycles. The second-order valence-corrected chi connectivity index (χ2v) is 7.46. The van der Waals surface area contributed by atoms with E-state index >= 15 is 0 Å². The summed E-state index contributed by atoms with van der Waals surface area (Å²) in [6.45, 7) is -0.965. The highest BCUT2D eigenvalue weighted by molar-refractivity contribution is 5.95. The lowest BCUT2D eigenvalue weighted by Gasteiger charge is -2.32. The Hall–Kier alpha value is -3.69. The maximum absolute atomic E-state index is 12.9. The van der Waals surface area contributed by atoms with Gasteiger partial charge in [0.2, 0.25) is 11.8 Å². The van der Waals surface area contributed by atoms with Gasteiger partial charge >= 0.3 is 6.61 Å². The molecule has 0 aromatic heterocycles. The number of amides is 2. The van der Waals surface area contributed by atoms with Crippen molar-refractivity contribution in [2.45, 2.75) is 38.8 Å². The van der Waals surface area contributed by atoms with Crippen LogP contribution in [0.5, 0.6) is 11.5 Å². The lowest BCUT2D eigenvalue weighted by molar-refractivity contribution is -0.122. The first kappa shape index (κ1) is 24.0. The molecule has 10 heteroatoms. The lowest BCUT2D eigenvalue weighted by Crippen LogP contribution is -2.44. The van der Waals surface area contributed by atoms with E-state index in [9.17, 15) is 18.4 Å². The van der Waals surface area contributed by atoms with E-state index < -0.39 is 12.7 Å². The molecule has 2 amide bonds. The largest absolute Gasteiger partial charge is 0.493 e. The van der Waals surface area contributed by atoms with Gasteiger partial charge in [0.15, 0.2) is 11.5 Å². The molecule has 2 aromatic rings. The summed E-state index contributed by atoms with van der Waals surface area (Å²) >= 11 is 0. The number of rotatable bonds is 8. The third-order valence-electron chi connectivity index (χ3n) is 5.01. The molecular weight excluding hydrogens is 434 g/mol. The molecule has 1 aliphatic rings. The normalized spacial score (nSPS) is 16.0. The van der Waals surface area contributed by atoms with Gasteiger partial charge in [-0.05, 0) is 67.3 Å². The molecule has 1 atom stereocenters. The minimum absolute atomic E-state index is 0.0907. The van der Waals surface area contributed by atoms with E-state index in [4.69, 9.17) is 4.74 Å². The molecule has 176 valence electrons. The Morgan fingerprint density at radius 3 is 2.42 bits per heavy atom. The van der Waals surface area contributed by atoms with Crippen LogP contribution in [0.3, 0.4) is 0 Å². The fourth-order valence-electron chi connectivity index (χ4n) is 3.49. The fourth-order valence-corrected chi connectivity index (χ4v) is 3.49. The van der Waals surface area contributed by atoms with Crippen molar-refractivity contribution in [2.24, 2.45) is 5.10 Å². The summed E-state index contributed by atoms with van der Waals surface area (Å²) in [7, 11) is 1.37. The third-order valence-corrected chi connectivity index (χ3v) is 5.01. The maximum atomic E-state index is 12.9. The summed E-state index contributed by atoms with van der Waals surface area (Å²) in [4.78, 5) is 24.0. The highest BCUT2D eigenvalue weighted by Crippen LogP contribution is 2.29. The monoisotopic (exact) mass is 460 g/mol. The van der Waals surface area contributed by atoms with Crippen LogP contribution in [-0.2, 0) is 9.59 Å². The molecule has 0 bridgehead atoms. The molecule has 33 heavy (non-hydrogen) atoms. The number of hydrogen-bond donors (Lipinski definition) is 2. The fraction of sp³-hybridized carbons (Fsp3) is 0.348. The number of carbonyl (C=O) groups excluding carboxylic acids is 2. The van der Waals surface area contributed by atoms with Gasteiger partial charge in [0.1, 0.15) is 6.04 Å². The Labute approximate surface area is 190 Å². The molecule has 1 aliphatic heterocycles. The van der Waals surface area contributed by atoms with E-state index in [2.05, 4.69) is 20.5 Å². The molecular formula is C23H26F2N4O4. The Morgan fingerprint density at radius 1 is 1.09 bits per heavy atom. The first-order valence-electron chi connectivity index (χ1n) is 10.5. The van der Waals surface area contributed by atoms with Crippen molar-refractivity contribution < 1.29 is 27.8 Å². The van der Waals surface area contributed by atoms with Crippen LogP contribution in [0, 0.1) is 0 Å². The van der Waals surface area contributed by atoms with Crippen molar-refractivity contribution in [3.05, 3.63) is 48.0 Å². The molecule has 1 heterocycles. The molecule has 0 aliphatic carbocycles. The number of ether oxygens (including phenoxy) is 2. The van der Waals surface area contributed by atoms with E-state index in [1.807, 2.05) is 0 Å². The van der Waals surface area contributed by atoms with Gasteiger partial charge < -0.3 is 20.1 Å². The van der Waals surface area contributed by atoms with Crippen LogP contribution in [0.15, 0.2) is 47.6 Å². The minimum Gasteiger partial charge on any atom is -0.493 e. The predicted molar refractivity (Wildman–Crippen MR) is 121 cm³/mol. The van der Waals surface area contributed by atoms with Crippen LogP contribution in [0.25, 0.3) is 0 Å². The molecule has 3 rings (SSSR count). The summed E-state index contributed by atoms with van der Waals surface area (Å²) in [5.74, 6) is -0.276. The zero-order valence-electron chi connectivity index (χ0n) is 18.4. The lowest BCUT2D eigenvalue weighted by atomic mass is 10.0. The highest BCUT2D eigenvalue weighted by Gasteiger charge is 2.28. The van der Waals surface area contributed by atoms with Crippen LogP contribution >= 0.6 is 0 Å². The van der Waals surface area contributed by atoms with Gasteiger partial charge in [-0.2, -0.15) is 13.9 Å². The van der Waals surface area contributed by atoms with Gasteiger partial charge in [0.05, 0.1) is 13.3 Å². The molecule has 1 saturated heterocycles. The SMILES string of the molecule is COc1ccc(/C=N/N2CCCCC2C(=O)Nc2ccc(NC(C)=O)cc2)cc1OC(F)F. The van der Waals surface area contributed by atoms with E-state index in [1.165, 1.54) is 32.4 Å². The van der Waals surface area contributed by atoms with Gasteiger partial charge in [0, 0.05) is 24.8 Å². The predicted octanol–water partition coefficient (Wildman–Crippen LogP) is 4.08. The standard InChI is InChI=1S/C23H26F2N4O4/c1-15(30)27-17-7-9-18(10-8-17)28-22(31)19-5-3-4-12-29(19)26-14-16-6-11-20(32-2)21(13-16)33-23(24)25/h6-11,13-14,19,23H,3-5,12H2,1-2H3,(H,27,30)(H,28,31)/b26-14+. The van der Waals surface area contributed by atoms with Crippen molar-refractivity contribution in [3.8, 4) is 11.5 Å². The van der Waals surface area contributed by atoms with Crippen LogP contribution in [0.4, 0.5) is 20.2 Å². The van der Waals surface area contributed by atoms with Gasteiger partial charge in [-0.25, -0.2) is 0 Å². The van der Waals surface area contributed by atoms with Crippen LogP contribution in [0.1, 0.15) is 31.7 Å². The van der Waals surface area contributed by atoms with E-state index in [0.29, 0.717) is 29.9 Å². The number of benzene rings is 2. The average Bonchev–Trinajstić information content (AvgIpc) is 2.78. The summed E-state index contributed by atoms with van der Waals surface area (Å²) in [5, 5.41) is 11.7. The first-order valence-corrected chi connectivity index (χ1v) is 10.5. The molecule has 0 radical (unpaired) electrons. The topological polar surface area (TPSA) is 92.3 Å². The first-order chi connectivity index (χ1) is 15.9. The van der Waals surface area contributed by atoms with E-state index in [0.717, 1.165) is 12.8 Å². The molecule has 0 spiro atoms. The van der Waals surface area contributed by atoms with Gasteiger partial charge in [-0.15, -0.1) is 0 Å². The van der Waals surface area contributed by atoms with Crippen LogP contribution in [0.2, 0.25) is 0 Å². The summed E-state index contributed by atoms with van der Waals surface area (Å²) in [6, 6.07) is 10.9. The van der Waals surface area contributed by atoms with Crippen molar-refractivity contribution in [3.63, 3.8) is 0 Å². The summed E-state index contributed by atoms with van der Waals surface area (Å²) in [5.41, 5.74) is 1.77. The number of carbonyl (C=O) groups is 2. The van der Waals surface area contributed by atoms with Crippen LogP contribution < -0.4 is 20.1 Å². The van der Waals surface area contributed by atoms with Gasteiger partial charge in [-0.1, -0.05) is 0 Å². The molecule has 2 aromatic carbocycles. The highest BCUT2D eigenvalue weighted by atomic mass is 19.3. The Bertz CT molecular complexity index is 998.